The summed E-state index contributed by atoms with van der Waals surface area (Å²) in [5, 5.41) is 0. The summed E-state index contributed by atoms with van der Waals surface area (Å²) in [6.07, 6.45) is 9.02. The molecule has 1 aromatic rings. The lowest BCUT2D eigenvalue weighted by molar-refractivity contribution is 0.00468. The maximum absolute atomic E-state index is 6.21. The Morgan fingerprint density at radius 3 is 2.73 bits per heavy atom. The first-order chi connectivity index (χ1) is 10.7. The molecule has 1 aliphatic carbocycles. The highest BCUT2D eigenvalue weighted by Crippen LogP contribution is 2.50. The third-order valence-electron chi connectivity index (χ3n) is 5.24. The van der Waals surface area contributed by atoms with E-state index in [1.54, 1.807) is 14.2 Å². The molecule has 0 saturated carbocycles. The molecule has 3 atom stereocenters. The van der Waals surface area contributed by atoms with E-state index in [0.717, 1.165) is 18.0 Å². The number of hydrogen-bond donors (Lipinski definition) is 0. The second-order valence-electron chi connectivity index (χ2n) is 6.23. The molecule has 1 saturated heterocycles. The molecule has 2 heterocycles. The van der Waals surface area contributed by atoms with Gasteiger partial charge in [0.25, 0.3) is 0 Å². The first-order valence-corrected chi connectivity index (χ1v) is 7.64. The van der Waals surface area contributed by atoms with Crippen LogP contribution in [0.3, 0.4) is 0 Å². The number of likely N-dealkylation sites (tertiary alicyclic amines) is 1. The van der Waals surface area contributed by atoms with E-state index in [1.807, 2.05) is 0 Å². The summed E-state index contributed by atoms with van der Waals surface area (Å²) < 4.78 is 17.2. The molecule has 1 spiro atoms. The fourth-order valence-electron chi connectivity index (χ4n) is 4.22. The molecule has 22 heavy (non-hydrogen) atoms. The van der Waals surface area contributed by atoms with Crippen molar-refractivity contribution in [2.24, 2.45) is 0 Å². The number of fused-ring (bicyclic) bond motifs is 1. The first-order valence-electron chi connectivity index (χ1n) is 7.64. The van der Waals surface area contributed by atoms with E-state index in [9.17, 15) is 0 Å². The van der Waals surface area contributed by atoms with E-state index in [-0.39, 0.29) is 11.5 Å². The normalized spacial score (nSPS) is 32.3. The Bertz CT molecular complexity index is 667. The first kappa shape index (κ1) is 13.9. The van der Waals surface area contributed by atoms with Crippen LogP contribution in [0.2, 0.25) is 0 Å². The van der Waals surface area contributed by atoms with Crippen molar-refractivity contribution in [3.05, 3.63) is 47.6 Å². The molecule has 3 aliphatic rings. The molecule has 0 amide bonds. The van der Waals surface area contributed by atoms with Gasteiger partial charge >= 0.3 is 0 Å². The van der Waals surface area contributed by atoms with Crippen molar-refractivity contribution in [2.45, 2.75) is 24.2 Å². The van der Waals surface area contributed by atoms with Crippen molar-refractivity contribution >= 4 is 0 Å². The van der Waals surface area contributed by atoms with Gasteiger partial charge in [-0.15, -0.1) is 0 Å². The lowest BCUT2D eigenvalue weighted by Crippen LogP contribution is -2.48. The average Bonchev–Trinajstić information content (AvgIpc) is 2.86. The summed E-state index contributed by atoms with van der Waals surface area (Å²) in [5.41, 5.74) is 2.36. The molecular formula is C18H21NO3. The minimum Gasteiger partial charge on any atom is -0.493 e. The smallest absolute Gasteiger partial charge is 0.161 e. The summed E-state index contributed by atoms with van der Waals surface area (Å²) in [6, 6.07) is 4.51. The van der Waals surface area contributed by atoms with E-state index in [4.69, 9.17) is 14.2 Å². The number of hydrogen-bond acceptors (Lipinski definition) is 4. The maximum atomic E-state index is 6.21. The topological polar surface area (TPSA) is 30.9 Å². The largest absolute Gasteiger partial charge is 0.493 e. The number of nitrogens with zero attached hydrogens (tertiary/aromatic N) is 1. The highest BCUT2D eigenvalue weighted by Gasteiger charge is 2.55. The maximum Gasteiger partial charge on any atom is 0.161 e. The van der Waals surface area contributed by atoms with Crippen LogP contribution >= 0.6 is 0 Å². The predicted molar refractivity (Wildman–Crippen MR) is 84.5 cm³/mol. The zero-order valence-electron chi connectivity index (χ0n) is 13.2. The zero-order chi connectivity index (χ0) is 15.3. The van der Waals surface area contributed by atoms with Crippen LogP contribution in [0.25, 0.3) is 0 Å². The Kier molecular flexibility index (Phi) is 3.06. The fraction of sp³-hybridized carbons (Fsp3) is 0.444. The Hall–Kier alpha value is -1.78. The number of benzene rings is 1. The predicted octanol–water partition coefficient (Wildman–Crippen LogP) is 2.28. The molecule has 2 aliphatic heterocycles. The van der Waals surface area contributed by atoms with Crippen molar-refractivity contribution in [3.63, 3.8) is 0 Å². The van der Waals surface area contributed by atoms with E-state index in [2.05, 4.69) is 48.4 Å². The van der Waals surface area contributed by atoms with Gasteiger partial charge in [0.2, 0.25) is 0 Å². The molecule has 0 aromatic heterocycles. The van der Waals surface area contributed by atoms with Crippen LogP contribution in [0.4, 0.5) is 0 Å². The van der Waals surface area contributed by atoms with Gasteiger partial charge in [-0.05, 0) is 30.3 Å². The summed E-state index contributed by atoms with van der Waals surface area (Å²) >= 11 is 0. The van der Waals surface area contributed by atoms with Crippen molar-refractivity contribution in [2.75, 3.05) is 27.8 Å². The second kappa shape index (κ2) is 4.86. The van der Waals surface area contributed by atoms with Gasteiger partial charge in [0, 0.05) is 12.6 Å². The number of allylic oxidation sites excluding steroid dienone is 2. The van der Waals surface area contributed by atoms with Crippen LogP contribution in [0.15, 0.2) is 36.4 Å². The molecule has 1 aromatic carbocycles. The highest BCUT2D eigenvalue weighted by atomic mass is 16.5. The SMILES string of the molecule is COc1cc2c(cc1OC)[C@@]13C=CC=C[C@@H]1N(C)C[C@H]3OC2. The molecule has 0 radical (unpaired) electrons. The van der Waals surface area contributed by atoms with Gasteiger partial charge in [0.15, 0.2) is 11.5 Å². The molecule has 4 rings (SSSR count). The molecule has 1 fully saturated rings. The summed E-state index contributed by atoms with van der Waals surface area (Å²) in [6.45, 7) is 1.56. The highest BCUT2D eigenvalue weighted by molar-refractivity contribution is 5.56. The van der Waals surface area contributed by atoms with Gasteiger partial charge in [-0.1, -0.05) is 24.3 Å². The third-order valence-corrected chi connectivity index (χ3v) is 5.24. The number of likely N-dealkylation sites (N-methyl/N-ethyl adjacent to an activating group) is 1. The Morgan fingerprint density at radius 1 is 1.18 bits per heavy atom. The van der Waals surface area contributed by atoms with Gasteiger partial charge < -0.3 is 14.2 Å². The molecule has 116 valence electrons. The van der Waals surface area contributed by atoms with Crippen LogP contribution < -0.4 is 9.47 Å². The van der Waals surface area contributed by atoms with Crippen LogP contribution in [0.1, 0.15) is 11.1 Å². The summed E-state index contributed by atoms with van der Waals surface area (Å²) in [4.78, 5) is 2.37. The van der Waals surface area contributed by atoms with E-state index < -0.39 is 0 Å². The molecule has 0 bridgehead atoms. The van der Waals surface area contributed by atoms with Gasteiger partial charge in [-0.2, -0.15) is 0 Å². The van der Waals surface area contributed by atoms with Crippen LogP contribution in [-0.4, -0.2) is 44.9 Å². The van der Waals surface area contributed by atoms with E-state index >= 15 is 0 Å². The zero-order valence-corrected chi connectivity index (χ0v) is 13.2. The lowest BCUT2D eigenvalue weighted by Gasteiger charge is -2.43. The number of rotatable bonds is 2. The second-order valence-corrected chi connectivity index (χ2v) is 6.23. The van der Waals surface area contributed by atoms with Crippen molar-refractivity contribution in [1.82, 2.24) is 4.90 Å². The quantitative estimate of drug-likeness (QED) is 0.838. The Labute approximate surface area is 131 Å². The van der Waals surface area contributed by atoms with Crippen LogP contribution in [0.5, 0.6) is 11.5 Å². The van der Waals surface area contributed by atoms with Crippen molar-refractivity contribution < 1.29 is 14.2 Å². The minimum atomic E-state index is -0.128. The summed E-state index contributed by atoms with van der Waals surface area (Å²) in [5.74, 6) is 1.55. The number of ether oxygens (including phenoxy) is 3. The standard InChI is InChI=1S/C18H21NO3/c1-19-10-17-18(7-5-4-6-16(18)19)13-9-15(21-3)14(20-2)8-12(13)11-22-17/h4-9,16-17H,10-11H2,1-3H3/t16-,17+,18-/m0/s1. The average molecular weight is 299 g/mol. The van der Waals surface area contributed by atoms with Gasteiger partial charge in [-0.25, -0.2) is 0 Å². The molecule has 4 nitrogen and oxygen atoms in total. The molecular weight excluding hydrogens is 278 g/mol. The molecule has 0 unspecified atom stereocenters. The molecule has 0 N–H and O–H groups in total. The fourth-order valence-corrected chi connectivity index (χ4v) is 4.22. The Morgan fingerprint density at radius 2 is 1.95 bits per heavy atom. The van der Waals surface area contributed by atoms with Crippen LogP contribution in [-0.2, 0) is 16.8 Å². The van der Waals surface area contributed by atoms with E-state index in [0.29, 0.717) is 12.6 Å². The van der Waals surface area contributed by atoms with Gasteiger partial charge in [-0.3, -0.25) is 4.90 Å². The number of methoxy groups -OCH3 is 2. The van der Waals surface area contributed by atoms with Gasteiger partial charge in [0.1, 0.15) is 0 Å². The van der Waals surface area contributed by atoms with Crippen molar-refractivity contribution in [1.29, 1.82) is 0 Å². The third kappa shape index (κ3) is 1.65. The van der Waals surface area contributed by atoms with Crippen molar-refractivity contribution in [3.8, 4) is 11.5 Å². The van der Waals surface area contributed by atoms with E-state index in [1.165, 1.54) is 11.1 Å². The monoisotopic (exact) mass is 299 g/mol. The summed E-state index contributed by atoms with van der Waals surface area (Å²) in [7, 11) is 5.52. The van der Waals surface area contributed by atoms with Gasteiger partial charge in [0.05, 0.1) is 32.3 Å². The lowest BCUT2D eigenvalue weighted by atomic mass is 9.67. The Balaban J connectivity index is 1.94. The minimum absolute atomic E-state index is 0.128. The molecule has 4 heteroatoms. The van der Waals surface area contributed by atoms with Crippen LogP contribution in [0, 0.1) is 0 Å².